The number of aliphatic imine (C=N–C) groups is 1. The largest absolute Gasteiger partial charge is 0.497 e. The van der Waals surface area contributed by atoms with Gasteiger partial charge < -0.3 is 24.2 Å². The molecule has 0 atom stereocenters. The Hall–Kier alpha value is -2.49. The number of furan rings is 1. The monoisotopic (exact) mass is 510 g/mol. The molecule has 8 heteroatoms. The lowest BCUT2D eigenvalue weighted by molar-refractivity contribution is 0.414. The van der Waals surface area contributed by atoms with Gasteiger partial charge in [0.15, 0.2) is 5.96 Å². The molecule has 0 saturated heterocycles. The van der Waals surface area contributed by atoms with Crippen molar-refractivity contribution in [1.29, 1.82) is 0 Å². The van der Waals surface area contributed by atoms with Crippen molar-refractivity contribution < 1.29 is 13.6 Å². The molecule has 0 unspecified atom stereocenters. The zero-order valence-electron chi connectivity index (χ0n) is 16.9. The number of aromatic nitrogens is 1. The van der Waals surface area contributed by atoms with Gasteiger partial charge >= 0.3 is 0 Å². The van der Waals surface area contributed by atoms with Crippen molar-refractivity contribution in [2.24, 2.45) is 4.99 Å². The Labute approximate surface area is 188 Å². The summed E-state index contributed by atoms with van der Waals surface area (Å²) in [4.78, 5) is 9.07. The molecule has 0 bridgehead atoms. The average Bonchev–Trinajstić information content (AvgIpc) is 3.33. The minimum atomic E-state index is 0. The highest BCUT2D eigenvalue weighted by Crippen LogP contribution is 2.12. The van der Waals surface area contributed by atoms with Crippen LogP contribution in [0.3, 0.4) is 0 Å². The van der Waals surface area contributed by atoms with Gasteiger partial charge in [-0.1, -0.05) is 12.1 Å². The van der Waals surface area contributed by atoms with Crippen molar-refractivity contribution in [3.05, 3.63) is 71.3 Å². The number of guanidine groups is 1. The second-order valence-electron chi connectivity index (χ2n) is 6.37. The number of aryl methyl sites for hydroxylation is 2. The van der Waals surface area contributed by atoms with Gasteiger partial charge in [0.1, 0.15) is 17.3 Å². The van der Waals surface area contributed by atoms with Crippen molar-refractivity contribution in [2.75, 3.05) is 13.7 Å². The molecule has 0 fully saturated rings. The van der Waals surface area contributed by atoms with Gasteiger partial charge in [0.2, 0.25) is 5.89 Å². The molecule has 2 heterocycles. The predicted molar refractivity (Wildman–Crippen MR) is 123 cm³/mol. The Balaban J connectivity index is 0.00000300. The van der Waals surface area contributed by atoms with Gasteiger partial charge in [-0.2, -0.15) is 0 Å². The van der Waals surface area contributed by atoms with E-state index in [0.717, 1.165) is 34.9 Å². The van der Waals surface area contributed by atoms with Crippen LogP contribution in [-0.4, -0.2) is 24.6 Å². The van der Waals surface area contributed by atoms with E-state index in [-0.39, 0.29) is 24.0 Å². The fourth-order valence-electron chi connectivity index (χ4n) is 2.61. The zero-order chi connectivity index (χ0) is 19.8. The highest BCUT2D eigenvalue weighted by atomic mass is 127. The first-order chi connectivity index (χ1) is 13.6. The average molecular weight is 510 g/mol. The second-order valence-corrected chi connectivity index (χ2v) is 6.37. The summed E-state index contributed by atoms with van der Waals surface area (Å²) >= 11 is 0. The lowest BCUT2D eigenvalue weighted by Gasteiger charge is -2.11. The van der Waals surface area contributed by atoms with Crippen LogP contribution >= 0.6 is 24.0 Å². The van der Waals surface area contributed by atoms with Gasteiger partial charge in [0, 0.05) is 13.0 Å². The van der Waals surface area contributed by atoms with Crippen LogP contribution in [0.1, 0.15) is 28.7 Å². The van der Waals surface area contributed by atoms with E-state index in [1.54, 1.807) is 13.4 Å². The molecule has 0 aliphatic rings. The number of benzene rings is 1. The summed E-state index contributed by atoms with van der Waals surface area (Å²) < 4.78 is 16.2. The van der Waals surface area contributed by atoms with E-state index in [1.165, 1.54) is 0 Å². The summed E-state index contributed by atoms with van der Waals surface area (Å²) in [6.07, 6.45) is 2.45. The minimum absolute atomic E-state index is 0. The van der Waals surface area contributed by atoms with E-state index in [4.69, 9.17) is 13.6 Å². The lowest BCUT2D eigenvalue weighted by Crippen LogP contribution is -2.38. The molecule has 3 rings (SSSR count). The number of nitrogens with zero attached hydrogens (tertiary/aromatic N) is 2. The fourth-order valence-corrected chi connectivity index (χ4v) is 2.61. The van der Waals surface area contributed by atoms with E-state index in [2.05, 4.69) is 20.6 Å². The number of ether oxygens (including phenoxy) is 1. The Kier molecular flexibility index (Phi) is 9.04. The van der Waals surface area contributed by atoms with Crippen LogP contribution in [-0.2, 0) is 19.5 Å². The van der Waals surface area contributed by atoms with Crippen LogP contribution in [0.5, 0.6) is 5.75 Å². The second kappa shape index (κ2) is 11.5. The summed E-state index contributed by atoms with van der Waals surface area (Å²) in [5.41, 5.74) is 2.00. The maximum atomic E-state index is 5.63. The Morgan fingerprint density at radius 2 is 1.93 bits per heavy atom. The summed E-state index contributed by atoms with van der Waals surface area (Å²) in [5, 5.41) is 6.60. The normalized spacial score (nSPS) is 11.1. The molecule has 29 heavy (non-hydrogen) atoms. The molecule has 0 saturated carbocycles. The quantitative estimate of drug-likeness (QED) is 0.271. The topological polar surface area (TPSA) is 84.8 Å². The number of hydrogen-bond donors (Lipinski definition) is 2. The first kappa shape index (κ1) is 22.8. The molecule has 7 nitrogen and oxygen atoms in total. The number of oxazole rings is 1. The van der Waals surface area contributed by atoms with Gasteiger partial charge in [0.25, 0.3) is 0 Å². The van der Waals surface area contributed by atoms with E-state index >= 15 is 0 Å². The van der Waals surface area contributed by atoms with Crippen molar-refractivity contribution in [2.45, 2.75) is 33.4 Å². The van der Waals surface area contributed by atoms with Crippen LogP contribution in [0.25, 0.3) is 0 Å². The molecule has 2 aromatic heterocycles. The number of nitrogens with one attached hydrogen (secondary N) is 2. The molecule has 156 valence electrons. The fraction of sp³-hybridized carbons (Fsp3) is 0.333. The third-order valence-electron chi connectivity index (χ3n) is 4.30. The molecule has 0 radical (unpaired) electrons. The molecule has 3 aromatic rings. The van der Waals surface area contributed by atoms with Crippen LogP contribution in [0, 0.1) is 13.8 Å². The van der Waals surface area contributed by atoms with Crippen LogP contribution in [0.15, 0.2) is 56.5 Å². The summed E-state index contributed by atoms with van der Waals surface area (Å²) in [7, 11) is 1.66. The summed E-state index contributed by atoms with van der Waals surface area (Å²) in [5.74, 6) is 3.92. The lowest BCUT2D eigenvalue weighted by atomic mass is 10.2. The molecule has 1 aromatic carbocycles. The maximum Gasteiger partial charge on any atom is 0.214 e. The van der Waals surface area contributed by atoms with Crippen LogP contribution in [0.2, 0.25) is 0 Å². The molecule has 0 spiro atoms. The molecule has 2 N–H and O–H groups in total. The Bertz CT molecular complexity index is 870. The SMILES string of the molecule is COc1ccc(CN=C(NCCc2ccco2)NCc2nc(C)c(C)o2)cc1.I. The van der Waals surface area contributed by atoms with Gasteiger partial charge in [-0.05, 0) is 43.7 Å². The number of rotatable bonds is 8. The van der Waals surface area contributed by atoms with Gasteiger partial charge in [0.05, 0.1) is 32.2 Å². The Morgan fingerprint density at radius 1 is 1.14 bits per heavy atom. The first-order valence-electron chi connectivity index (χ1n) is 9.24. The standard InChI is InChI=1S/C21H26N4O3.HI/c1-15-16(2)28-20(25-15)14-24-21(22-11-10-19-5-4-12-27-19)23-13-17-6-8-18(26-3)9-7-17;/h4-9,12H,10-11,13-14H2,1-3H3,(H2,22,23,24);1H. The number of hydrogen-bond acceptors (Lipinski definition) is 5. The molecule has 0 aliphatic heterocycles. The van der Waals surface area contributed by atoms with Crippen LogP contribution < -0.4 is 15.4 Å². The van der Waals surface area contributed by atoms with E-state index < -0.39 is 0 Å². The van der Waals surface area contributed by atoms with Gasteiger partial charge in [-0.25, -0.2) is 9.98 Å². The predicted octanol–water partition coefficient (Wildman–Crippen LogP) is 3.99. The van der Waals surface area contributed by atoms with Crippen molar-refractivity contribution in [1.82, 2.24) is 15.6 Å². The van der Waals surface area contributed by atoms with Crippen LogP contribution in [0.4, 0.5) is 0 Å². The molecular weight excluding hydrogens is 483 g/mol. The minimum Gasteiger partial charge on any atom is -0.497 e. The van der Waals surface area contributed by atoms with Crippen molar-refractivity contribution in [3.8, 4) is 5.75 Å². The highest BCUT2D eigenvalue weighted by molar-refractivity contribution is 14.0. The zero-order valence-corrected chi connectivity index (χ0v) is 19.2. The van der Waals surface area contributed by atoms with E-state index in [0.29, 0.717) is 31.5 Å². The number of halogens is 1. The third-order valence-corrected chi connectivity index (χ3v) is 4.30. The van der Waals surface area contributed by atoms with Crippen molar-refractivity contribution in [3.63, 3.8) is 0 Å². The number of methoxy groups -OCH3 is 1. The molecule has 0 amide bonds. The smallest absolute Gasteiger partial charge is 0.214 e. The van der Waals surface area contributed by atoms with Gasteiger partial charge in [-0.15, -0.1) is 24.0 Å². The van der Waals surface area contributed by atoms with E-state index in [1.807, 2.05) is 50.2 Å². The summed E-state index contributed by atoms with van der Waals surface area (Å²) in [6, 6.07) is 11.7. The highest BCUT2D eigenvalue weighted by Gasteiger charge is 2.07. The summed E-state index contributed by atoms with van der Waals surface area (Å²) in [6.45, 7) is 5.55. The molecule has 0 aliphatic carbocycles. The molecular formula is C21H27IN4O3. The van der Waals surface area contributed by atoms with Gasteiger partial charge in [-0.3, -0.25) is 0 Å². The third kappa shape index (κ3) is 7.12. The Morgan fingerprint density at radius 3 is 2.55 bits per heavy atom. The maximum absolute atomic E-state index is 5.63. The first-order valence-corrected chi connectivity index (χ1v) is 9.24. The van der Waals surface area contributed by atoms with Crippen molar-refractivity contribution >= 4 is 29.9 Å². The van der Waals surface area contributed by atoms with E-state index in [9.17, 15) is 0 Å².